The van der Waals surface area contributed by atoms with Crippen molar-refractivity contribution in [3.63, 3.8) is 0 Å². The standard InChI is InChI=1S/C14H14N2O3/c17-7-11-5-10-3-1-2-4-12(10)15-14(11)13-6-16(8-18)9-19-13/h1-5,7,13,18H,6,8-9H2. The molecule has 1 unspecified atom stereocenters. The van der Waals surface area contributed by atoms with E-state index in [9.17, 15) is 4.79 Å². The Morgan fingerprint density at radius 3 is 3.05 bits per heavy atom. The second-order valence-corrected chi connectivity index (χ2v) is 4.55. The van der Waals surface area contributed by atoms with Crippen LogP contribution in [0.5, 0.6) is 0 Å². The summed E-state index contributed by atoms with van der Waals surface area (Å²) in [6.07, 6.45) is 0.539. The number of fused-ring (bicyclic) bond motifs is 1. The average molecular weight is 258 g/mol. The van der Waals surface area contributed by atoms with Crippen molar-refractivity contribution in [3.05, 3.63) is 41.6 Å². The van der Waals surface area contributed by atoms with Gasteiger partial charge in [0.15, 0.2) is 6.29 Å². The van der Waals surface area contributed by atoms with Gasteiger partial charge in [0.2, 0.25) is 0 Å². The number of aliphatic hydroxyl groups excluding tert-OH is 1. The highest BCUT2D eigenvalue weighted by Crippen LogP contribution is 2.27. The summed E-state index contributed by atoms with van der Waals surface area (Å²) in [5, 5.41) is 10.0. The van der Waals surface area contributed by atoms with Gasteiger partial charge in [0.25, 0.3) is 0 Å². The lowest BCUT2D eigenvalue weighted by atomic mass is 10.1. The molecule has 0 spiro atoms. The van der Waals surface area contributed by atoms with Crippen LogP contribution >= 0.6 is 0 Å². The van der Waals surface area contributed by atoms with Crippen molar-refractivity contribution in [1.82, 2.24) is 9.88 Å². The molecule has 1 fully saturated rings. The van der Waals surface area contributed by atoms with Crippen molar-refractivity contribution >= 4 is 17.2 Å². The quantitative estimate of drug-likeness (QED) is 0.841. The van der Waals surface area contributed by atoms with Gasteiger partial charge >= 0.3 is 0 Å². The van der Waals surface area contributed by atoms with E-state index in [1.54, 1.807) is 4.90 Å². The summed E-state index contributed by atoms with van der Waals surface area (Å²) in [5.74, 6) is 0. The Morgan fingerprint density at radius 1 is 1.47 bits per heavy atom. The minimum Gasteiger partial charge on any atom is -0.381 e. The molecular weight excluding hydrogens is 244 g/mol. The van der Waals surface area contributed by atoms with E-state index in [4.69, 9.17) is 9.84 Å². The minimum absolute atomic E-state index is 0.0551. The number of pyridine rings is 1. The molecule has 0 saturated carbocycles. The largest absolute Gasteiger partial charge is 0.381 e. The van der Waals surface area contributed by atoms with Crippen LogP contribution in [0.1, 0.15) is 22.2 Å². The van der Waals surface area contributed by atoms with E-state index in [-0.39, 0.29) is 12.8 Å². The average Bonchev–Trinajstić information content (AvgIpc) is 2.94. The van der Waals surface area contributed by atoms with E-state index in [2.05, 4.69) is 4.98 Å². The highest BCUT2D eigenvalue weighted by Gasteiger charge is 2.27. The molecule has 19 heavy (non-hydrogen) atoms. The van der Waals surface area contributed by atoms with E-state index in [1.807, 2.05) is 30.3 Å². The van der Waals surface area contributed by atoms with Gasteiger partial charge in [-0.3, -0.25) is 9.69 Å². The van der Waals surface area contributed by atoms with Crippen LogP contribution in [0.25, 0.3) is 10.9 Å². The van der Waals surface area contributed by atoms with E-state index >= 15 is 0 Å². The molecule has 98 valence electrons. The third-order valence-electron chi connectivity index (χ3n) is 3.30. The van der Waals surface area contributed by atoms with Crippen molar-refractivity contribution in [2.24, 2.45) is 0 Å². The molecule has 0 radical (unpaired) electrons. The fourth-order valence-corrected chi connectivity index (χ4v) is 2.30. The molecule has 1 aromatic heterocycles. The van der Waals surface area contributed by atoms with Gasteiger partial charge in [-0.25, -0.2) is 4.98 Å². The molecule has 3 rings (SSSR count). The molecule has 2 heterocycles. The summed E-state index contributed by atoms with van der Waals surface area (Å²) in [7, 11) is 0. The lowest BCUT2D eigenvalue weighted by Gasteiger charge is -2.12. The Balaban J connectivity index is 2.04. The SMILES string of the molecule is O=Cc1cc2ccccc2nc1C1CN(CO)CO1. The summed E-state index contributed by atoms with van der Waals surface area (Å²) in [4.78, 5) is 17.5. The van der Waals surface area contributed by atoms with E-state index in [0.29, 0.717) is 24.5 Å². The molecule has 1 saturated heterocycles. The molecule has 1 aliphatic heterocycles. The van der Waals surface area contributed by atoms with Crippen molar-refractivity contribution in [2.75, 3.05) is 20.0 Å². The molecule has 1 atom stereocenters. The number of aromatic nitrogens is 1. The summed E-state index contributed by atoms with van der Waals surface area (Å²) in [6.45, 7) is 0.844. The first kappa shape index (κ1) is 12.2. The van der Waals surface area contributed by atoms with Crippen LogP contribution < -0.4 is 0 Å². The number of rotatable bonds is 3. The number of hydrogen-bond donors (Lipinski definition) is 1. The van der Waals surface area contributed by atoms with Gasteiger partial charge in [-0.2, -0.15) is 0 Å². The van der Waals surface area contributed by atoms with E-state index in [1.165, 1.54) is 0 Å². The number of benzene rings is 1. The van der Waals surface area contributed by atoms with Crippen molar-refractivity contribution in [2.45, 2.75) is 6.10 Å². The van der Waals surface area contributed by atoms with Crippen molar-refractivity contribution in [3.8, 4) is 0 Å². The zero-order valence-electron chi connectivity index (χ0n) is 10.3. The summed E-state index contributed by atoms with van der Waals surface area (Å²) < 4.78 is 5.58. The highest BCUT2D eigenvalue weighted by molar-refractivity contribution is 5.87. The van der Waals surface area contributed by atoms with Gasteiger partial charge < -0.3 is 9.84 Å². The molecule has 0 aliphatic carbocycles. The number of ether oxygens (including phenoxy) is 1. The van der Waals surface area contributed by atoms with Crippen LogP contribution in [0.15, 0.2) is 30.3 Å². The summed E-state index contributed by atoms with van der Waals surface area (Å²) >= 11 is 0. The van der Waals surface area contributed by atoms with Crippen LogP contribution in [0.2, 0.25) is 0 Å². The second kappa shape index (κ2) is 5.05. The first-order chi connectivity index (χ1) is 9.31. The molecular formula is C14H14N2O3. The lowest BCUT2D eigenvalue weighted by molar-refractivity contribution is 0.0546. The molecule has 1 aliphatic rings. The molecule has 2 aromatic rings. The molecule has 0 amide bonds. The number of hydrogen-bond acceptors (Lipinski definition) is 5. The third kappa shape index (κ3) is 2.23. The summed E-state index contributed by atoms with van der Waals surface area (Å²) in [5.41, 5.74) is 2.03. The Labute approximate surface area is 110 Å². The number of aliphatic hydroxyl groups is 1. The maximum Gasteiger partial charge on any atom is 0.152 e. The van der Waals surface area contributed by atoms with E-state index in [0.717, 1.165) is 17.2 Å². The number of aldehydes is 1. The second-order valence-electron chi connectivity index (χ2n) is 4.55. The highest BCUT2D eigenvalue weighted by atomic mass is 16.5. The fraction of sp³-hybridized carbons (Fsp3) is 0.286. The van der Waals surface area contributed by atoms with Gasteiger partial charge in [-0.05, 0) is 12.1 Å². The number of carbonyl (C=O) groups is 1. The Hall–Kier alpha value is -1.82. The predicted molar refractivity (Wildman–Crippen MR) is 69.6 cm³/mol. The molecule has 5 heteroatoms. The Kier molecular flexibility index (Phi) is 3.25. The normalized spacial score (nSPS) is 19.9. The van der Waals surface area contributed by atoms with Crippen molar-refractivity contribution < 1.29 is 14.6 Å². The van der Waals surface area contributed by atoms with Crippen LogP contribution in [0.3, 0.4) is 0 Å². The van der Waals surface area contributed by atoms with Crippen LogP contribution in [0.4, 0.5) is 0 Å². The molecule has 0 bridgehead atoms. The Morgan fingerprint density at radius 2 is 2.32 bits per heavy atom. The van der Waals surface area contributed by atoms with E-state index < -0.39 is 0 Å². The third-order valence-corrected chi connectivity index (χ3v) is 3.30. The van der Waals surface area contributed by atoms with Gasteiger partial charge in [0.05, 0.1) is 17.9 Å². The van der Waals surface area contributed by atoms with Gasteiger partial charge in [0.1, 0.15) is 12.8 Å². The lowest BCUT2D eigenvalue weighted by Crippen LogP contribution is -2.21. The first-order valence-electron chi connectivity index (χ1n) is 6.11. The number of nitrogens with zero attached hydrogens (tertiary/aromatic N) is 2. The van der Waals surface area contributed by atoms with Crippen LogP contribution in [0, 0.1) is 0 Å². The molecule has 1 aromatic carbocycles. The maximum atomic E-state index is 11.2. The molecule has 1 N–H and O–H groups in total. The first-order valence-corrected chi connectivity index (χ1v) is 6.11. The monoisotopic (exact) mass is 258 g/mol. The van der Waals surface area contributed by atoms with Gasteiger partial charge in [0, 0.05) is 17.5 Å². The number of carbonyl (C=O) groups excluding carboxylic acids is 1. The Bertz CT molecular complexity index is 615. The predicted octanol–water partition coefficient (Wildman–Crippen LogP) is 1.33. The van der Waals surface area contributed by atoms with Crippen molar-refractivity contribution in [1.29, 1.82) is 0 Å². The number of para-hydroxylation sites is 1. The van der Waals surface area contributed by atoms with Gasteiger partial charge in [-0.1, -0.05) is 18.2 Å². The van der Waals surface area contributed by atoms with Crippen LogP contribution in [-0.2, 0) is 4.74 Å². The zero-order chi connectivity index (χ0) is 13.2. The molecule has 5 nitrogen and oxygen atoms in total. The van der Waals surface area contributed by atoms with Gasteiger partial charge in [-0.15, -0.1) is 0 Å². The smallest absolute Gasteiger partial charge is 0.152 e. The van der Waals surface area contributed by atoms with Crippen LogP contribution in [-0.4, -0.2) is 41.3 Å². The maximum absolute atomic E-state index is 11.2. The minimum atomic E-state index is -0.267. The summed E-state index contributed by atoms with van der Waals surface area (Å²) in [6, 6.07) is 9.49. The topological polar surface area (TPSA) is 62.7 Å². The fourth-order valence-electron chi connectivity index (χ4n) is 2.30. The zero-order valence-corrected chi connectivity index (χ0v) is 10.3.